The summed E-state index contributed by atoms with van der Waals surface area (Å²) in [5, 5.41) is 0. The lowest BCUT2D eigenvalue weighted by atomic mass is 9.95. The third-order valence-corrected chi connectivity index (χ3v) is 8.24. The Morgan fingerprint density at radius 1 is 1.14 bits per heavy atom. The number of halogens is 1. The molecule has 5 rings (SSSR count). The van der Waals surface area contributed by atoms with Gasteiger partial charge in [-0.1, -0.05) is 54.7 Å². The molecule has 0 bridgehead atoms. The van der Waals surface area contributed by atoms with E-state index in [0.717, 1.165) is 31.8 Å². The van der Waals surface area contributed by atoms with Crippen molar-refractivity contribution < 1.29 is 9.53 Å². The van der Waals surface area contributed by atoms with Gasteiger partial charge >= 0.3 is 5.97 Å². The molecule has 0 saturated heterocycles. The van der Waals surface area contributed by atoms with Crippen LogP contribution in [0.5, 0.6) is 0 Å². The number of aromatic nitrogens is 2. The zero-order valence-electron chi connectivity index (χ0n) is 21.0. The summed E-state index contributed by atoms with van der Waals surface area (Å²) in [6.45, 7) is 6.09. The van der Waals surface area contributed by atoms with Gasteiger partial charge in [-0.05, 0) is 84.3 Å². The molecule has 0 amide bonds. The first kappa shape index (κ1) is 25.4. The Kier molecular flexibility index (Phi) is 7.04. The number of carbonyl (C=O) groups excluding carboxylic acids is 1. The number of aryl methyl sites for hydroxylation is 1. The fraction of sp³-hybridized carbons (Fsp3) is 0.207. The molecule has 3 heterocycles. The predicted molar refractivity (Wildman–Crippen MR) is 155 cm³/mol. The highest BCUT2D eigenvalue weighted by molar-refractivity contribution is 14.1. The van der Waals surface area contributed by atoms with Gasteiger partial charge in [0.1, 0.15) is 0 Å². The van der Waals surface area contributed by atoms with E-state index in [9.17, 15) is 9.59 Å². The zero-order valence-corrected chi connectivity index (χ0v) is 24.0. The smallest absolute Gasteiger partial charge is 0.338 e. The number of thiazole rings is 1. The molecule has 0 saturated carbocycles. The molecule has 0 aliphatic carbocycles. The van der Waals surface area contributed by atoms with E-state index in [2.05, 4.69) is 65.3 Å². The Morgan fingerprint density at radius 3 is 2.57 bits per heavy atom. The molecule has 1 aliphatic heterocycles. The Hall–Kier alpha value is -3.24. The summed E-state index contributed by atoms with van der Waals surface area (Å²) >= 11 is 3.66. The molecule has 0 unspecified atom stereocenters. The van der Waals surface area contributed by atoms with Crippen LogP contribution in [-0.4, -0.2) is 22.2 Å². The van der Waals surface area contributed by atoms with Gasteiger partial charge < -0.3 is 9.30 Å². The van der Waals surface area contributed by atoms with Crippen molar-refractivity contribution >= 4 is 46.0 Å². The van der Waals surface area contributed by atoms with Crippen molar-refractivity contribution in [3.63, 3.8) is 0 Å². The number of esters is 1. The number of hydrogen-bond acceptors (Lipinski definition) is 5. The summed E-state index contributed by atoms with van der Waals surface area (Å²) in [5.41, 5.74) is 5.92. The van der Waals surface area contributed by atoms with Crippen LogP contribution in [0.25, 0.3) is 11.8 Å². The lowest BCUT2D eigenvalue weighted by Crippen LogP contribution is -2.40. The first-order valence-electron chi connectivity index (χ1n) is 12.0. The van der Waals surface area contributed by atoms with Crippen molar-refractivity contribution in [2.45, 2.75) is 33.2 Å². The monoisotopic (exact) mass is 623 g/mol. The van der Waals surface area contributed by atoms with E-state index in [4.69, 9.17) is 9.73 Å². The molecule has 1 aliphatic rings. The standard InChI is InChI=1S/C29H26IN3O3S/c1-5-23-25(28(35)36-4)26(19-10-7-6-8-11-19)33-27(34)24(37-29(33)31-23)15-20-14-17(2)32(18(20)3)22-13-9-12-21(30)16-22/h6-16,26H,5H2,1-4H3/b24-15-/t26-/m1/s1. The van der Waals surface area contributed by atoms with Crippen molar-refractivity contribution in [1.82, 2.24) is 9.13 Å². The quantitative estimate of drug-likeness (QED) is 0.237. The Balaban J connectivity index is 1.72. The van der Waals surface area contributed by atoms with Crippen LogP contribution in [0.2, 0.25) is 0 Å². The lowest BCUT2D eigenvalue weighted by molar-refractivity contribution is -0.136. The van der Waals surface area contributed by atoms with Crippen molar-refractivity contribution in [2.75, 3.05) is 7.11 Å². The fourth-order valence-electron chi connectivity index (χ4n) is 4.90. The summed E-state index contributed by atoms with van der Waals surface area (Å²) in [7, 11) is 1.36. The van der Waals surface area contributed by atoms with E-state index in [0.29, 0.717) is 27.0 Å². The highest BCUT2D eigenvalue weighted by atomic mass is 127. The molecular weight excluding hydrogens is 597 g/mol. The average molecular weight is 624 g/mol. The number of methoxy groups -OCH3 is 1. The van der Waals surface area contributed by atoms with E-state index in [1.165, 1.54) is 18.4 Å². The third kappa shape index (κ3) is 4.53. The molecular formula is C29H26IN3O3S. The molecule has 2 aromatic carbocycles. The van der Waals surface area contributed by atoms with Gasteiger partial charge in [-0.2, -0.15) is 0 Å². The van der Waals surface area contributed by atoms with Crippen LogP contribution in [-0.2, 0) is 9.53 Å². The molecule has 8 heteroatoms. The van der Waals surface area contributed by atoms with E-state index in [-0.39, 0.29) is 5.56 Å². The molecule has 0 N–H and O–H groups in total. The number of fused-ring (bicyclic) bond motifs is 1. The molecule has 4 aromatic rings. The molecule has 2 aromatic heterocycles. The minimum atomic E-state index is -0.596. The first-order chi connectivity index (χ1) is 17.8. The minimum absolute atomic E-state index is 0.173. The highest BCUT2D eigenvalue weighted by Gasteiger charge is 2.33. The van der Waals surface area contributed by atoms with E-state index in [1.807, 2.05) is 49.4 Å². The average Bonchev–Trinajstić information content (AvgIpc) is 3.36. The second kappa shape index (κ2) is 10.3. The van der Waals surface area contributed by atoms with Gasteiger partial charge in [0.05, 0.1) is 29.0 Å². The molecule has 37 heavy (non-hydrogen) atoms. The number of rotatable bonds is 5. The van der Waals surface area contributed by atoms with Crippen LogP contribution in [0.3, 0.4) is 0 Å². The van der Waals surface area contributed by atoms with Crippen LogP contribution in [0, 0.1) is 17.4 Å². The Labute approximate surface area is 232 Å². The molecule has 188 valence electrons. The number of allylic oxidation sites excluding steroid dienone is 1. The second-order valence-corrected chi connectivity index (χ2v) is 11.1. The number of nitrogens with zero attached hydrogens (tertiary/aromatic N) is 3. The highest BCUT2D eigenvalue weighted by Crippen LogP contribution is 2.31. The summed E-state index contributed by atoms with van der Waals surface area (Å²) in [6.07, 6.45) is 2.49. The third-order valence-electron chi connectivity index (χ3n) is 6.59. The van der Waals surface area contributed by atoms with Crippen LogP contribution >= 0.6 is 33.9 Å². The second-order valence-electron chi connectivity index (χ2n) is 8.84. The number of benzene rings is 2. The normalized spacial score (nSPS) is 15.5. The largest absolute Gasteiger partial charge is 0.466 e. The van der Waals surface area contributed by atoms with E-state index < -0.39 is 12.0 Å². The molecule has 0 spiro atoms. The maximum absolute atomic E-state index is 13.9. The van der Waals surface area contributed by atoms with Gasteiger partial charge in [0, 0.05) is 20.6 Å². The summed E-state index contributed by atoms with van der Waals surface area (Å²) < 4.78 is 10.7. The number of ether oxygens (including phenoxy) is 1. The molecule has 6 nitrogen and oxygen atoms in total. The first-order valence-corrected chi connectivity index (χ1v) is 13.9. The predicted octanol–water partition coefficient (Wildman–Crippen LogP) is 4.81. The van der Waals surface area contributed by atoms with Crippen LogP contribution in [0.15, 0.2) is 81.7 Å². The summed E-state index contributed by atoms with van der Waals surface area (Å²) in [5.74, 6) is -0.468. The summed E-state index contributed by atoms with van der Waals surface area (Å²) in [6, 6.07) is 19.4. The number of carbonyl (C=O) groups is 1. The van der Waals surface area contributed by atoms with Crippen molar-refractivity contribution in [3.8, 4) is 5.69 Å². The lowest BCUT2D eigenvalue weighted by Gasteiger charge is -2.25. The number of hydrogen-bond donors (Lipinski definition) is 0. The maximum atomic E-state index is 13.9. The van der Waals surface area contributed by atoms with Gasteiger partial charge in [-0.3, -0.25) is 9.36 Å². The van der Waals surface area contributed by atoms with Crippen molar-refractivity contribution in [3.05, 3.63) is 118 Å². The summed E-state index contributed by atoms with van der Waals surface area (Å²) in [4.78, 5) is 32.1. The van der Waals surface area contributed by atoms with Crippen LogP contribution in [0.1, 0.15) is 41.9 Å². The SMILES string of the molecule is CCC1=C(C(=O)OC)[C@@H](c2ccccc2)n2c(s/c(=C\c3cc(C)n(-c4cccc(I)c4)c3C)c2=O)=N1. The minimum Gasteiger partial charge on any atom is -0.466 e. The Morgan fingerprint density at radius 2 is 1.89 bits per heavy atom. The van der Waals surface area contributed by atoms with Gasteiger partial charge in [0.25, 0.3) is 5.56 Å². The van der Waals surface area contributed by atoms with Crippen molar-refractivity contribution in [2.24, 2.45) is 4.99 Å². The van der Waals surface area contributed by atoms with E-state index >= 15 is 0 Å². The molecule has 0 fully saturated rings. The van der Waals surface area contributed by atoms with Gasteiger partial charge in [-0.15, -0.1) is 0 Å². The maximum Gasteiger partial charge on any atom is 0.338 e. The van der Waals surface area contributed by atoms with Crippen LogP contribution < -0.4 is 14.9 Å². The van der Waals surface area contributed by atoms with Gasteiger partial charge in [0.2, 0.25) is 0 Å². The van der Waals surface area contributed by atoms with Crippen molar-refractivity contribution in [1.29, 1.82) is 0 Å². The van der Waals surface area contributed by atoms with E-state index in [1.54, 1.807) is 4.57 Å². The van der Waals surface area contributed by atoms with Crippen LogP contribution in [0.4, 0.5) is 0 Å². The van der Waals surface area contributed by atoms with Gasteiger partial charge in [0.15, 0.2) is 4.80 Å². The molecule has 0 radical (unpaired) electrons. The zero-order chi connectivity index (χ0) is 26.3. The topological polar surface area (TPSA) is 65.6 Å². The van der Waals surface area contributed by atoms with Gasteiger partial charge in [-0.25, -0.2) is 9.79 Å². The fourth-order valence-corrected chi connectivity index (χ4v) is 6.44. The Bertz CT molecular complexity index is 1730. The molecule has 1 atom stereocenters.